The van der Waals surface area contributed by atoms with Crippen LogP contribution < -0.4 is 0 Å². The first-order chi connectivity index (χ1) is 6.50. The fraction of sp³-hybridized carbons (Fsp3) is 0. The molecule has 1 aromatic carbocycles. The molecule has 5 heteroatoms. The fourth-order valence-electron chi connectivity index (χ4n) is 0.858. The molecule has 0 fully saturated rings. The van der Waals surface area contributed by atoms with Crippen molar-refractivity contribution in [2.24, 2.45) is 0 Å². The zero-order valence-electron chi connectivity index (χ0n) is 6.80. The van der Waals surface area contributed by atoms with E-state index in [1.165, 1.54) is 18.2 Å². The third kappa shape index (κ3) is 2.92. The Morgan fingerprint density at radius 2 is 2.07 bits per heavy atom. The first-order valence-electron chi connectivity index (χ1n) is 3.56. The molecule has 0 aromatic heterocycles. The van der Waals surface area contributed by atoms with E-state index in [0.717, 1.165) is 6.08 Å². The van der Waals surface area contributed by atoms with E-state index in [0.29, 0.717) is 14.5 Å². The second-order valence-electron chi connectivity index (χ2n) is 2.46. The van der Waals surface area contributed by atoms with Crippen molar-refractivity contribution >= 4 is 43.9 Å². The Morgan fingerprint density at radius 1 is 1.43 bits per heavy atom. The third-order valence-electron chi connectivity index (χ3n) is 1.43. The van der Waals surface area contributed by atoms with Gasteiger partial charge in [-0.05, 0) is 55.6 Å². The highest BCUT2D eigenvalue weighted by molar-refractivity contribution is 9.13. The van der Waals surface area contributed by atoms with Gasteiger partial charge in [-0.25, -0.2) is 9.18 Å². The zero-order chi connectivity index (χ0) is 10.7. The number of hydrogen-bond acceptors (Lipinski definition) is 1. The van der Waals surface area contributed by atoms with Gasteiger partial charge in [0.2, 0.25) is 0 Å². The number of benzene rings is 1. The number of carboxylic acids is 1. The van der Waals surface area contributed by atoms with E-state index in [1.807, 2.05) is 0 Å². The van der Waals surface area contributed by atoms with Crippen LogP contribution in [-0.2, 0) is 4.79 Å². The number of hydrogen-bond donors (Lipinski definition) is 1. The maximum absolute atomic E-state index is 12.9. The predicted molar refractivity (Wildman–Crippen MR) is 58.5 cm³/mol. The molecule has 0 aliphatic heterocycles. The summed E-state index contributed by atoms with van der Waals surface area (Å²) in [6.45, 7) is 0. The van der Waals surface area contributed by atoms with Crippen molar-refractivity contribution in [3.05, 3.63) is 38.5 Å². The monoisotopic (exact) mass is 322 g/mol. The van der Waals surface area contributed by atoms with Gasteiger partial charge in [0.15, 0.2) is 0 Å². The lowest BCUT2D eigenvalue weighted by atomic mass is 10.2. The third-order valence-corrected chi connectivity index (χ3v) is 3.47. The summed E-state index contributed by atoms with van der Waals surface area (Å²) in [7, 11) is 0. The first kappa shape index (κ1) is 11.4. The second-order valence-corrected chi connectivity index (χ2v) is 4.11. The van der Waals surface area contributed by atoms with Crippen molar-refractivity contribution in [1.82, 2.24) is 0 Å². The van der Waals surface area contributed by atoms with Crippen LogP contribution in [0.2, 0.25) is 0 Å². The van der Waals surface area contributed by atoms with Gasteiger partial charge in [0.25, 0.3) is 0 Å². The van der Waals surface area contributed by atoms with Gasteiger partial charge in [-0.3, -0.25) is 0 Å². The Morgan fingerprint density at radius 3 is 2.64 bits per heavy atom. The molecule has 0 amide bonds. The summed E-state index contributed by atoms with van der Waals surface area (Å²) in [5.41, 5.74) is 0.472. The first-order valence-corrected chi connectivity index (χ1v) is 5.15. The van der Waals surface area contributed by atoms with Crippen LogP contribution in [0.4, 0.5) is 4.39 Å². The molecule has 74 valence electrons. The molecule has 0 radical (unpaired) electrons. The minimum Gasteiger partial charge on any atom is -0.478 e. The second kappa shape index (κ2) is 4.70. The summed E-state index contributed by atoms with van der Waals surface area (Å²) in [4.78, 5) is 10.2. The maximum atomic E-state index is 12.9. The molecule has 0 bridgehead atoms. The lowest BCUT2D eigenvalue weighted by Crippen LogP contribution is -1.87. The molecule has 0 spiro atoms. The topological polar surface area (TPSA) is 37.3 Å². The van der Waals surface area contributed by atoms with Crippen LogP contribution in [0.15, 0.2) is 27.2 Å². The fourth-order valence-corrected chi connectivity index (χ4v) is 1.67. The molecule has 1 aromatic rings. The van der Waals surface area contributed by atoms with Crippen LogP contribution in [0.5, 0.6) is 0 Å². The summed E-state index contributed by atoms with van der Waals surface area (Å²) in [5.74, 6) is -1.50. The van der Waals surface area contributed by atoms with Crippen molar-refractivity contribution < 1.29 is 14.3 Å². The summed E-state index contributed by atoms with van der Waals surface area (Å²) in [6.07, 6.45) is 2.27. The van der Waals surface area contributed by atoms with E-state index in [-0.39, 0.29) is 0 Å². The number of aliphatic carboxylic acids is 1. The van der Waals surface area contributed by atoms with E-state index in [4.69, 9.17) is 5.11 Å². The SMILES string of the molecule is O=C(O)C=Cc1cc(F)cc(Br)c1Br. The minimum absolute atomic E-state index is 0.426. The molecular weight excluding hydrogens is 319 g/mol. The van der Waals surface area contributed by atoms with Gasteiger partial charge in [-0.15, -0.1) is 0 Å². The molecular formula is C9H5Br2FO2. The van der Waals surface area contributed by atoms with Crippen LogP contribution in [0.1, 0.15) is 5.56 Å². The van der Waals surface area contributed by atoms with Crippen LogP contribution in [0, 0.1) is 5.82 Å². The zero-order valence-corrected chi connectivity index (χ0v) is 9.97. The largest absolute Gasteiger partial charge is 0.478 e. The summed E-state index contributed by atoms with van der Waals surface area (Å²) < 4.78 is 14.1. The Hall–Kier alpha value is -0.680. The average molecular weight is 324 g/mol. The molecule has 14 heavy (non-hydrogen) atoms. The summed E-state index contributed by atoms with van der Waals surface area (Å²) in [6, 6.07) is 2.54. The van der Waals surface area contributed by atoms with Gasteiger partial charge in [0, 0.05) is 15.0 Å². The highest BCUT2D eigenvalue weighted by atomic mass is 79.9. The number of carbonyl (C=O) groups is 1. The van der Waals surface area contributed by atoms with Crippen molar-refractivity contribution in [2.75, 3.05) is 0 Å². The quantitative estimate of drug-likeness (QED) is 0.668. The normalized spacial score (nSPS) is 10.8. The molecule has 0 atom stereocenters. The lowest BCUT2D eigenvalue weighted by molar-refractivity contribution is -0.131. The standard InChI is InChI=1S/C9H5Br2FO2/c10-7-4-6(12)3-5(9(7)11)1-2-8(13)14/h1-4H,(H,13,14). The molecule has 1 N–H and O–H groups in total. The van der Waals surface area contributed by atoms with Crippen LogP contribution in [0.25, 0.3) is 6.08 Å². The lowest BCUT2D eigenvalue weighted by Gasteiger charge is -2.01. The molecule has 0 aliphatic carbocycles. The Kier molecular flexibility index (Phi) is 3.83. The molecule has 0 saturated carbocycles. The highest BCUT2D eigenvalue weighted by Gasteiger charge is 2.04. The maximum Gasteiger partial charge on any atom is 0.328 e. The highest BCUT2D eigenvalue weighted by Crippen LogP contribution is 2.28. The van der Waals surface area contributed by atoms with Crippen molar-refractivity contribution in [2.45, 2.75) is 0 Å². The number of rotatable bonds is 2. The van der Waals surface area contributed by atoms with Crippen molar-refractivity contribution in [3.63, 3.8) is 0 Å². The van der Waals surface area contributed by atoms with Gasteiger partial charge in [0.05, 0.1) is 0 Å². The smallest absolute Gasteiger partial charge is 0.328 e. The van der Waals surface area contributed by atoms with Crippen molar-refractivity contribution in [3.8, 4) is 0 Å². The van der Waals surface area contributed by atoms with E-state index in [2.05, 4.69) is 31.9 Å². The molecule has 0 saturated heterocycles. The van der Waals surface area contributed by atoms with Gasteiger partial charge in [-0.1, -0.05) is 0 Å². The molecule has 0 aliphatic rings. The molecule has 0 unspecified atom stereocenters. The van der Waals surface area contributed by atoms with Crippen LogP contribution in [0.3, 0.4) is 0 Å². The molecule has 1 rings (SSSR count). The minimum atomic E-state index is -1.07. The van der Waals surface area contributed by atoms with Gasteiger partial charge >= 0.3 is 5.97 Å². The number of halogens is 3. The van der Waals surface area contributed by atoms with Gasteiger partial charge in [0.1, 0.15) is 5.82 Å². The van der Waals surface area contributed by atoms with Crippen LogP contribution >= 0.6 is 31.9 Å². The predicted octanol–water partition coefficient (Wildman–Crippen LogP) is 3.45. The molecule has 2 nitrogen and oxygen atoms in total. The molecule has 0 heterocycles. The van der Waals surface area contributed by atoms with Crippen LogP contribution in [-0.4, -0.2) is 11.1 Å². The van der Waals surface area contributed by atoms with E-state index in [9.17, 15) is 9.18 Å². The van der Waals surface area contributed by atoms with E-state index < -0.39 is 11.8 Å². The Balaban J connectivity index is 3.14. The van der Waals surface area contributed by atoms with E-state index in [1.54, 1.807) is 0 Å². The summed E-state index contributed by atoms with van der Waals surface area (Å²) >= 11 is 6.34. The summed E-state index contributed by atoms with van der Waals surface area (Å²) in [5, 5.41) is 8.40. The number of carboxylic acid groups (broad SMARTS) is 1. The van der Waals surface area contributed by atoms with E-state index >= 15 is 0 Å². The Bertz CT molecular complexity index is 402. The Labute approximate surface area is 96.7 Å². The van der Waals surface area contributed by atoms with Crippen molar-refractivity contribution in [1.29, 1.82) is 0 Å². The average Bonchev–Trinajstić information content (AvgIpc) is 2.08. The van der Waals surface area contributed by atoms with Gasteiger partial charge in [-0.2, -0.15) is 0 Å². The van der Waals surface area contributed by atoms with Gasteiger partial charge < -0.3 is 5.11 Å².